The third kappa shape index (κ3) is 3.65. The van der Waals surface area contributed by atoms with Crippen molar-refractivity contribution in [3.63, 3.8) is 0 Å². The fourth-order valence-electron chi connectivity index (χ4n) is 1.80. The second kappa shape index (κ2) is 6.17. The number of halogens is 3. The van der Waals surface area contributed by atoms with Crippen LogP contribution in [0, 0.1) is 13.8 Å². The van der Waals surface area contributed by atoms with Crippen LogP contribution in [0.3, 0.4) is 0 Å². The predicted molar refractivity (Wildman–Crippen MR) is 84.4 cm³/mol. The van der Waals surface area contributed by atoms with Gasteiger partial charge in [-0.25, -0.2) is 0 Å². The normalized spacial score (nSPS) is 10.6. The SMILES string of the molecule is Cc1cc(OCc2cc(Cl)ccc2Cl)cc(C)c1Br. The van der Waals surface area contributed by atoms with Crippen molar-refractivity contribution in [3.8, 4) is 5.75 Å². The molecule has 0 N–H and O–H groups in total. The van der Waals surface area contributed by atoms with Gasteiger partial charge >= 0.3 is 0 Å². The summed E-state index contributed by atoms with van der Waals surface area (Å²) in [6.45, 7) is 4.48. The van der Waals surface area contributed by atoms with Gasteiger partial charge < -0.3 is 4.74 Å². The van der Waals surface area contributed by atoms with Crippen LogP contribution in [-0.2, 0) is 6.61 Å². The van der Waals surface area contributed by atoms with Crippen LogP contribution in [0.2, 0.25) is 10.0 Å². The average Bonchev–Trinajstić information content (AvgIpc) is 2.37. The van der Waals surface area contributed by atoms with Crippen LogP contribution in [0.4, 0.5) is 0 Å². The molecule has 4 heteroatoms. The first kappa shape index (κ1) is 14.7. The Balaban J connectivity index is 2.17. The van der Waals surface area contributed by atoms with Gasteiger partial charge in [0.2, 0.25) is 0 Å². The number of ether oxygens (including phenoxy) is 1. The Labute approximate surface area is 131 Å². The van der Waals surface area contributed by atoms with Crippen molar-refractivity contribution in [2.45, 2.75) is 20.5 Å². The molecule has 19 heavy (non-hydrogen) atoms. The molecule has 0 saturated heterocycles. The lowest BCUT2D eigenvalue weighted by Gasteiger charge is -2.11. The molecule has 0 spiro atoms. The van der Waals surface area contributed by atoms with Crippen LogP contribution < -0.4 is 4.74 Å². The monoisotopic (exact) mass is 358 g/mol. The van der Waals surface area contributed by atoms with Crippen LogP contribution in [0.5, 0.6) is 5.75 Å². The van der Waals surface area contributed by atoms with Gasteiger partial charge in [-0.15, -0.1) is 0 Å². The Hall–Kier alpha value is -0.700. The molecule has 2 rings (SSSR count). The topological polar surface area (TPSA) is 9.23 Å². The molecule has 0 aliphatic heterocycles. The zero-order valence-electron chi connectivity index (χ0n) is 10.6. The summed E-state index contributed by atoms with van der Waals surface area (Å²) in [5, 5.41) is 1.32. The van der Waals surface area contributed by atoms with E-state index in [1.807, 2.05) is 32.0 Å². The van der Waals surface area contributed by atoms with E-state index in [4.69, 9.17) is 27.9 Å². The highest BCUT2D eigenvalue weighted by atomic mass is 79.9. The van der Waals surface area contributed by atoms with Gasteiger partial charge in [0.15, 0.2) is 0 Å². The lowest BCUT2D eigenvalue weighted by atomic mass is 10.1. The summed E-state index contributed by atoms with van der Waals surface area (Å²) < 4.78 is 6.89. The van der Waals surface area contributed by atoms with E-state index in [-0.39, 0.29) is 0 Å². The highest BCUT2D eigenvalue weighted by Crippen LogP contribution is 2.28. The number of benzene rings is 2. The molecule has 0 amide bonds. The van der Waals surface area contributed by atoms with Gasteiger partial charge in [0.25, 0.3) is 0 Å². The molecule has 0 saturated carbocycles. The summed E-state index contributed by atoms with van der Waals surface area (Å²) >= 11 is 15.6. The largest absolute Gasteiger partial charge is 0.489 e. The van der Waals surface area contributed by atoms with Gasteiger partial charge in [-0.2, -0.15) is 0 Å². The summed E-state index contributed by atoms with van der Waals surface area (Å²) in [6.07, 6.45) is 0. The van der Waals surface area contributed by atoms with Crippen LogP contribution in [0.15, 0.2) is 34.8 Å². The van der Waals surface area contributed by atoms with Gasteiger partial charge in [0.1, 0.15) is 12.4 Å². The van der Waals surface area contributed by atoms with Crippen molar-refractivity contribution >= 4 is 39.1 Å². The highest BCUT2D eigenvalue weighted by molar-refractivity contribution is 9.10. The minimum atomic E-state index is 0.403. The summed E-state index contributed by atoms with van der Waals surface area (Å²) in [7, 11) is 0. The molecular weight excluding hydrogens is 347 g/mol. The molecule has 2 aromatic rings. The zero-order valence-corrected chi connectivity index (χ0v) is 13.7. The Morgan fingerprint density at radius 1 is 1.05 bits per heavy atom. The lowest BCUT2D eigenvalue weighted by molar-refractivity contribution is 0.306. The maximum atomic E-state index is 6.10. The third-order valence-electron chi connectivity index (χ3n) is 2.81. The molecule has 2 aromatic carbocycles. The average molecular weight is 360 g/mol. The molecule has 0 fully saturated rings. The van der Waals surface area contributed by atoms with Gasteiger partial charge in [-0.05, 0) is 55.3 Å². The fraction of sp³-hybridized carbons (Fsp3) is 0.200. The summed E-state index contributed by atoms with van der Waals surface area (Å²) in [5.41, 5.74) is 3.17. The highest BCUT2D eigenvalue weighted by Gasteiger charge is 2.06. The molecular formula is C15H13BrCl2O. The molecule has 0 unspecified atom stereocenters. The quantitative estimate of drug-likeness (QED) is 0.657. The van der Waals surface area contributed by atoms with Crippen molar-refractivity contribution in [2.24, 2.45) is 0 Å². The fourth-order valence-corrected chi connectivity index (χ4v) is 2.40. The number of aryl methyl sites for hydroxylation is 2. The van der Waals surface area contributed by atoms with Crippen LogP contribution in [0.25, 0.3) is 0 Å². The molecule has 0 heterocycles. The Bertz CT molecular complexity index is 588. The van der Waals surface area contributed by atoms with E-state index in [9.17, 15) is 0 Å². The van der Waals surface area contributed by atoms with Crippen molar-refractivity contribution in [1.82, 2.24) is 0 Å². The standard InChI is InChI=1S/C15H13BrCl2O/c1-9-5-13(6-10(2)15(9)16)19-8-11-7-12(17)3-4-14(11)18/h3-7H,8H2,1-2H3. The first-order valence-corrected chi connectivity index (χ1v) is 7.35. The maximum absolute atomic E-state index is 6.10. The lowest BCUT2D eigenvalue weighted by Crippen LogP contribution is -1.97. The Morgan fingerprint density at radius 3 is 2.32 bits per heavy atom. The zero-order chi connectivity index (χ0) is 14.0. The number of hydrogen-bond donors (Lipinski definition) is 0. The van der Waals surface area contributed by atoms with Crippen LogP contribution >= 0.6 is 39.1 Å². The minimum Gasteiger partial charge on any atom is -0.489 e. The second-order valence-corrected chi connectivity index (χ2v) is 6.03. The Kier molecular flexibility index (Phi) is 4.77. The minimum absolute atomic E-state index is 0.403. The molecule has 0 bridgehead atoms. The maximum Gasteiger partial charge on any atom is 0.120 e. The van der Waals surface area contributed by atoms with Crippen LogP contribution in [-0.4, -0.2) is 0 Å². The third-order valence-corrected chi connectivity index (χ3v) is 4.67. The van der Waals surface area contributed by atoms with E-state index in [1.165, 1.54) is 0 Å². The van der Waals surface area contributed by atoms with Crippen molar-refractivity contribution < 1.29 is 4.74 Å². The van der Waals surface area contributed by atoms with Crippen LogP contribution in [0.1, 0.15) is 16.7 Å². The van der Waals surface area contributed by atoms with E-state index in [0.717, 1.165) is 26.9 Å². The van der Waals surface area contributed by atoms with E-state index in [2.05, 4.69) is 15.9 Å². The first-order valence-electron chi connectivity index (χ1n) is 5.81. The molecule has 1 nitrogen and oxygen atoms in total. The van der Waals surface area contributed by atoms with Gasteiger partial charge in [0.05, 0.1) is 0 Å². The summed E-state index contributed by atoms with van der Waals surface area (Å²) in [4.78, 5) is 0. The molecule has 0 radical (unpaired) electrons. The van der Waals surface area contributed by atoms with E-state index in [1.54, 1.807) is 12.1 Å². The second-order valence-electron chi connectivity index (χ2n) is 4.40. The predicted octanol–water partition coefficient (Wildman–Crippen LogP) is 5.95. The van der Waals surface area contributed by atoms with Gasteiger partial charge in [-0.3, -0.25) is 0 Å². The van der Waals surface area contributed by atoms with E-state index in [0.29, 0.717) is 16.7 Å². The van der Waals surface area contributed by atoms with Crippen molar-refractivity contribution in [2.75, 3.05) is 0 Å². The molecule has 0 aliphatic rings. The molecule has 0 aromatic heterocycles. The van der Waals surface area contributed by atoms with Crippen molar-refractivity contribution in [1.29, 1.82) is 0 Å². The summed E-state index contributed by atoms with van der Waals surface area (Å²) in [6, 6.07) is 9.36. The number of rotatable bonds is 3. The van der Waals surface area contributed by atoms with Crippen molar-refractivity contribution in [3.05, 3.63) is 61.5 Å². The first-order chi connectivity index (χ1) is 8.97. The smallest absolute Gasteiger partial charge is 0.120 e. The number of hydrogen-bond acceptors (Lipinski definition) is 1. The molecule has 0 atom stereocenters. The molecule has 100 valence electrons. The van der Waals surface area contributed by atoms with E-state index < -0.39 is 0 Å². The van der Waals surface area contributed by atoms with Gasteiger partial charge in [-0.1, -0.05) is 39.1 Å². The Morgan fingerprint density at radius 2 is 1.68 bits per heavy atom. The molecule has 0 aliphatic carbocycles. The van der Waals surface area contributed by atoms with Gasteiger partial charge in [0, 0.05) is 20.1 Å². The summed E-state index contributed by atoms with van der Waals surface area (Å²) in [5.74, 6) is 0.828. The van der Waals surface area contributed by atoms with E-state index >= 15 is 0 Å².